The molecule has 4 heteroatoms. The number of amides is 1. The lowest BCUT2D eigenvalue weighted by Gasteiger charge is -2.28. The summed E-state index contributed by atoms with van der Waals surface area (Å²) in [5.74, 6) is 1.31. The number of rotatable bonds is 6. The van der Waals surface area contributed by atoms with Crippen LogP contribution in [0.15, 0.2) is 24.3 Å². The molecule has 1 amide bonds. The van der Waals surface area contributed by atoms with E-state index in [1.165, 1.54) is 0 Å². The quantitative estimate of drug-likeness (QED) is 0.816. The average molecular weight is 262 g/mol. The minimum Gasteiger partial charge on any atom is -0.481 e. The molecule has 2 rings (SSSR count). The zero-order valence-corrected chi connectivity index (χ0v) is 11.6. The molecule has 4 nitrogen and oxygen atoms in total. The molecule has 1 aromatic rings. The van der Waals surface area contributed by atoms with Gasteiger partial charge in [-0.1, -0.05) is 19.1 Å². The van der Waals surface area contributed by atoms with Gasteiger partial charge in [0, 0.05) is 25.6 Å². The molecule has 19 heavy (non-hydrogen) atoms. The Morgan fingerprint density at radius 1 is 1.53 bits per heavy atom. The van der Waals surface area contributed by atoms with E-state index in [1.807, 2.05) is 38.1 Å². The van der Waals surface area contributed by atoms with Gasteiger partial charge in [0.1, 0.15) is 5.75 Å². The lowest BCUT2D eigenvalue weighted by Crippen LogP contribution is -2.50. The van der Waals surface area contributed by atoms with Crippen LogP contribution < -0.4 is 15.4 Å². The molecule has 1 aromatic carbocycles. The number of carbonyl (C=O) groups is 1. The van der Waals surface area contributed by atoms with Gasteiger partial charge in [0.05, 0.1) is 0 Å². The van der Waals surface area contributed by atoms with Crippen molar-refractivity contribution in [2.24, 2.45) is 5.92 Å². The number of benzene rings is 1. The molecule has 1 saturated heterocycles. The van der Waals surface area contributed by atoms with Gasteiger partial charge in [0.15, 0.2) is 6.10 Å². The first kappa shape index (κ1) is 13.9. The van der Waals surface area contributed by atoms with Crippen LogP contribution in [0.1, 0.15) is 18.9 Å². The molecule has 1 unspecified atom stereocenters. The van der Waals surface area contributed by atoms with Crippen molar-refractivity contribution in [3.8, 4) is 5.75 Å². The Kier molecular flexibility index (Phi) is 4.80. The first-order chi connectivity index (χ1) is 9.19. The van der Waals surface area contributed by atoms with Crippen molar-refractivity contribution in [1.29, 1.82) is 0 Å². The molecule has 1 aliphatic rings. The second kappa shape index (κ2) is 6.57. The van der Waals surface area contributed by atoms with Gasteiger partial charge in [-0.15, -0.1) is 0 Å². The van der Waals surface area contributed by atoms with E-state index in [-0.39, 0.29) is 5.91 Å². The molecular weight excluding hydrogens is 240 g/mol. The molecule has 0 aliphatic carbocycles. The molecule has 1 atom stereocenters. The van der Waals surface area contributed by atoms with E-state index in [4.69, 9.17) is 4.74 Å². The Hall–Kier alpha value is -1.55. The van der Waals surface area contributed by atoms with E-state index in [2.05, 4.69) is 10.6 Å². The van der Waals surface area contributed by atoms with E-state index < -0.39 is 6.10 Å². The van der Waals surface area contributed by atoms with Crippen molar-refractivity contribution < 1.29 is 9.53 Å². The normalized spacial score (nSPS) is 16.5. The second-order valence-corrected chi connectivity index (χ2v) is 5.10. The van der Waals surface area contributed by atoms with Gasteiger partial charge in [-0.25, -0.2) is 0 Å². The fourth-order valence-corrected chi connectivity index (χ4v) is 2.03. The van der Waals surface area contributed by atoms with Crippen LogP contribution in [-0.4, -0.2) is 31.6 Å². The van der Waals surface area contributed by atoms with Crippen molar-refractivity contribution in [2.45, 2.75) is 26.4 Å². The molecule has 0 aromatic heterocycles. The van der Waals surface area contributed by atoms with Crippen LogP contribution in [-0.2, 0) is 4.79 Å². The van der Waals surface area contributed by atoms with E-state index in [9.17, 15) is 4.79 Å². The molecule has 0 saturated carbocycles. The highest BCUT2D eigenvalue weighted by Gasteiger charge is 2.22. The number of nitrogens with one attached hydrogen (secondary N) is 2. The molecular formula is C15H22N2O2. The van der Waals surface area contributed by atoms with E-state index >= 15 is 0 Å². The monoisotopic (exact) mass is 262 g/mol. The predicted octanol–water partition coefficient (Wildman–Crippen LogP) is 1.49. The zero-order chi connectivity index (χ0) is 13.7. The Balaban J connectivity index is 1.85. The van der Waals surface area contributed by atoms with Gasteiger partial charge in [0.25, 0.3) is 5.91 Å². The van der Waals surface area contributed by atoms with Gasteiger partial charge in [-0.2, -0.15) is 0 Å². The maximum atomic E-state index is 12.1. The average Bonchev–Trinajstić information content (AvgIpc) is 2.34. The van der Waals surface area contributed by atoms with Gasteiger partial charge in [-0.3, -0.25) is 4.79 Å². The summed E-state index contributed by atoms with van der Waals surface area (Å²) in [6, 6.07) is 7.79. The maximum Gasteiger partial charge on any atom is 0.261 e. The van der Waals surface area contributed by atoms with E-state index in [0.717, 1.165) is 30.9 Å². The summed E-state index contributed by atoms with van der Waals surface area (Å²) < 4.78 is 5.76. The van der Waals surface area contributed by atoms with Crippen molar-refractivity contribution in [3.05, 3.63) is 29.8 Å². The molecule has 0 spiro atoms. The molecule has 1 fully saturated rings. The van der Waals surface area contributed by atoms with Crippen molar-refractivity contribution in [3.63, 3.8) is 0 Å². The topological polar surface area (TPSA) is 50.4 Å². The van der Waals surface area contributed by atoms with Crippen LogP contribution in [0.25, 0.3) is 0 Å². The van der Waals surface area contributed by atoms with Crippen LogP contribution in [0.3, 0.4) is 0 Å². The van der Waals surface area contributed by atoms with Gasteiger partial charge in [0.2, 0.25) is 0 Å². The summed E-state index contributed by atoms with van der Waals surface area (Å²) in [4.78, 5) is 12.1. The van der Waals surface area contributed by atoms with Crippen LogP contribution in [0.2, 0.25) is 0 Å². The minimum atomic E-state index is -0.408. The van der Waals surface area contributed by atoms with Crippen molar-refractivity contribution in [1.82, 2.24) is 10.6 Å². The third-order valence-electron chi connectivity index (χ3n) is 3.36. The van der Waals surface area contributed by atoms with Crippen LogP contribution in [0, 0.1) is 12.8 Å². The standard InChI is InChI=1S/C15H22N2O2/c1-3-14(15(18)17-10-12-8-16-9-12)19-13-6-4-5-11(2)7-13/h4-7,12,14,16H,3,8-10H2,1-2H3,(H,17,18). The van der Waals surface area contributed by atoms with Gasteiger partial charge < -0.3 is 15.4 Å². The minimum absolute atomic E-state index is 0.0177. The van der Waals surface area contributed by atoms with E-state index in [1.54, 1.807) is 0 Å². The summed E-state index contributed by atoms with van der Waals surface area (Å²) in [5, 5.41) is 6.16. The molecule has 104 valence electrons. The van der Waals surface area contributed by atoms with Crippen molar-refractivity contribution in [2.75, 3.05) is 19.6 Å². The highest BCUT2D eigenvalue weighted by Crippen LogP contribution is 2.15. The van der Waals surface area contributed by atoms with E-state index in [0.29, 0.717) is 12.3 Å². The molecule has 0 radical (unpaired) electrons. The fourth-order valence-electron chi connectivity index (χ4n) is 2.03. The molecule has 1 aliphatic heterocycles. The van der Waals surface area contributed by atoms with Crippen molar-refractivity contribution >= 4 is 5.91 Å². The van der Waals surface area contributed by atoms with Gasteiger partial charge in [-0.05, 0) is 31.0 Å². The number of hydrogen-bond acceptors (Lipinski definition) is 3. The summed E-state index contributed by atoms with van der Waals surface area (Å²) in [5.41, 5.74) is 1.13. The van der Waals surface area contributed by atoms with Crippen LogP contribution in [0.4, 0.5) is 0 Å². The SMILES string of the molecule is CCC(Oc1cccc(C)c1)C(=O)NCC1CNC1. The van der Waals surface area contributed by atoms with Crippen LogP contribution >= 0.6 is 0 Å². The lowest BCUT2D eigenvalue weighted by atomic mass is 10.0. The zero-order valence-electron chi connectivity index (χ0n) is 11.6. The Labute approximate surface area is 114 Å². The highest BCUT2D eigenvalue weighted by molar-refractivity contribution is 5.81. The molecule has 1 heterocycles. The Morgan fingerprint density at radius 2 is 2.32 bits per heavy atom. The number of ether oxygens (including phenoxy) is 1. The number of carbonyl (C=O) groups excluding carboxylic acids is 1. The third kappa shape index (κ3) is 3.96. The summed E-state index contributed by atoms with van der Waals surface area (Å²) in [6.07, 6.45) is 0.262. The first-order valence-corrected chi connectivity index (χ1v) is 6.90. The number of aryl methyl sites for hydroxylation is 1. The second-order valence-electron chi connectivity index (χ2n) is 5.10. The van der Waals surface area contributed by atoms with Gasteiger partial charge >= 0.3 is 0 Å². The fraction of sp³-hybridized carbons (Fsp3) is 0.533. The highest BCUT2D eigenvalue weighted by atomic mass is 16.5. The smallest absolute Gasteiger partial charge is 0.261 e. The summed E-state index contributed by atoms with van der Waals surface area (Å²) in [7, 11) is 0. The Morgan fingerprint density at radius 3 is 2.89 bits per heavy atom. The maximum absolute atomic E-state index is 12.1. The number of hydrogen-bond donors (Lipinski definition) is 2. The first-order valence-electron chi connectivity index (χ1n) is 6.90. The van der Waals surface area contributed by atoms with Crippen LogP contribution in [0.5, 0.6) is 5.75 Å². The predicted molar refractivity (Wildman–Crippen MR) is 75.3 cm³/mol. The Bertz CT molecular complexity index is 430. The summed E-state index contributed by atoms with van der Waals surface area (Å²) in [6.45, 7) is 6.70. The largest absolute Gasteiger partial charge is 0.481 e. The third-order valence-corrected chi connectivity index (χ3v) is 3.36. The molecule has 2 N–H and O–H groups in total. The molecule has 0 bridgehead atoms. The summed E-state index contributed by atoms with van der Waals surface area (Å²) >= 11 is 0. The lowest BCUT2D eigenvalue weighted by molar-refractivity contribution is -0.128.